The molecule has 1 rings (SSSR count). The van der Waals surface area contributed by atoms with E-state index in [4.69, 9.17) is 0 Å². The zero-order valence-corrected chi connectivity index (χ0v) is 6.34. The van der Waals surface area contributed by atoms with E-state index in [0.29, 0.717) is 0 Å². The van der Waals surface area contributed by atoms with Crippen molar-refractivity contribution in [3.05, 3.63) is 18.2 Å². The van der Waals surface area contributed by atoms with E-state index >= 15 is 0 Å². The average molecular weight is 212 g/mol. The van der Waals surface area contributed by atoms with Gasteiger partial charge in [-0.3, -0.25) is 0 Å². The van der Waals surface area contributed by atoms with E-state index in [0.717, 1.165) is 5.69 Å². The summed E-state index contributed by atoms with van der Waals surface area (Å²) in [4.78, 5) is 6.66. The van der Waals surface area contributed by atoms with Crippen LogP contribution in [-0.2, 0) is 0 Å². The van der Waals surface area contributed by atoms with Crippen molar-refractivity contribution in [1.82, 2.24) is 9.97 Å². The first-order valence-electron chi connectivity index (χ1n) is 1.84. The fourth-order valence-electron chi connectivity index (χ4n) is 0.325. The molecule has 0 radical (unpaired) electrons. The Balaban J connectivity index is 0. The van der Waals surface area contributed by atoms with Gasteiger partial charge in [-0.05, 0) is 6.92 Å². The quantitative estimate of drug-likeness (QED) is 0.650. The number of aryl methyl sites for hydroxylation is 1. The molecule has 0 aliphatic heterocycles. The van der Waals surface area contributed by atoms with E-state index in [-0.39, 0.29) is 25.4 Å². The number of aromatic amines is 1. The van der Waals surface area contributed by atoms with Crippen LogP contribution in [0.25, 0.3) is 0 Å². The Kier molecular flexibility index (Phi) is 2.98. The molecule has 1 heterocycles. The van der Waals surface area contributed by atoms with E-state index in [1.165, 1.54) is 0 Å². The highest BCUT2D eigenvalue weighted by molar-refractivity contribution is 14.0. The summed E-state index contributed by atoms with van der Waals surface area (Å²) in [6, 6.07) is 0. The van der Waals surface area contributed by atoms with Crippen LogP contribution in [-0.4, -0.2) is 9.97 Å². The van der Waals surface area contributed by atoms with Crippen LogP contribution in [0.5, 0.6) is 0 Å². The monoisotopic (exact) mass is 212 g/mol. The number of nitrogens with zero attached hydrogens (tertiary/aromatic N) is 1. The van der Waals surface area contributed by atoms with Crippen molar-refractivity contribution in [2.24, 2.45) is 0 Å². The van der Waals surface area contributed by atoms with Crippen LogP contribution in [0.3, 0.4) is 0 Å². The van der Waals surface area contributed by atoms with Gasteiger partial charge in [-0.25, -0.2) is 4.98 Å². The van der Waals surface area contributed by atoms with E-state index in [9.17, 15) is 0 Å². The summed E-state index contributed by atoms with van der Waals surface area (Å²) < 4.78 is 0. The molecule has 3 heteroatoms. The Labute approximate surface area is 60.9 Å². The molecule has 0 unspecified atom stereocenters. The summed E-state index contributed by atoms with van der Waals surface area (Å²) >= 11 is 0. The second-order valence-corrected chi connectivity index (χ2v) is 1.23. The Morgan fingerprint density at radius 1 is 1.86 bits per heavy atom. The molecular formula is C4H9IN2. The van der Waals surface area contributed by atoms with Crippen LogP contribution >= 0.6 is 24.0 Å². The smallest absolute Gasteiger partial charge is 0.0921 e. The zero-order valence-electron chi connectivity index (χ0n) is 4.01. The summed E-state index contributed by atoms with van der Waals surface area (Å²) in [6.07, 6.45) is 3.44. The Morgan fingerprint density at radius 3 is 2.71 bits per heavy atom. The van der Waals surface area contributed by atoms with Crippen molar-refractivity contribution < 1.29 is 1.43 Å². The molecular weight excluding hydrogens is 203 g/mol. The summed E-state index contributed by atoms with van der Waals surface area (Å²) in [6.45, 7) is 1.97. The van der Waals surface area contributed by atoms with E-state index in [1.54, 1.807) is 12.5 Å². The SMILES string of the molecule is Cc1cnc[nH]1.I.[HH]. The van der Waals surface area contributed by atoms with E-state index < -0.39 is 0 Å². The fourth-order valence-corrected chi connectivity index (χ4v) is 0.325. The number of halogens is 1. The van der Waals surface area contributed by atoms with Crippen LogP contribution in [0.15, 0.2) is 12.5 Å². The highest BCUT2D eigenvalue weighted by Crippen LogP contribution is 1.81. The van der Waals surface area contributed by atoms with Gasteiger partial charge in [0.05, 0.1) is 6.33 Å². The summed E-state index contributed by atoms with van der Waals surface area (Å²) in [5, 5.41) is 0. The first kappa shape index (κ1) is 6.94. The molecule has 0 spiro atoms. The molecule has 0 aliphatic carbocycles. The van der Waals surface area contributed by atoms with Crippen LogP contribution < -0.4 is 0 Å². The number of hydrogen-bond donors (Lipinski definition) is 1. The topological polar surface area (TPSA) is 28.7 Å². The Morgan fingerprint density at radius 2 is 2.57 bits per heavy atom. The van der Waals surface area contributed by atoms with Crippen molar-refractivity contribution >= 4 is 24.0 Å². The first-order chi connectivity index (χ1) is 2.89. The van der Waals surface area contributed by atoms with Crippen molar-refractivity contribution in [2.75, 3.05) is 0 Å². The van der Waals surface area contributed by atoms with Crippen molar-refractivity contribution in [3.8, 4) is 0 Å². The van der Waals surface area contributed by atoms with Gasteiger partial charge >= 0.3 is 0 Å². The van der Waals surface area contributed by atoms with Gasteiger partial charge in [0.25, 0.3) is 0 Å². The van der Waals surface area contributed by atoms with Crippen LogP contribution in [0.2, 0.25) is 0 Å². The maximum atomic E-state index is 3.77. The summed E-state index contributed by atoms with van der Waals surface area (Å²) in [5.74, 6) is 0. The number of imidazole rings is 1. The van der Waals surface area contributed by atoms with Gasteiger partial charge in [0.15, 0.2) is 0 Å². The normalized spacial score (nSPS) is 7.57. The number of rotatable bonds is 0. The van der Waals surface area contributed by atoms with Gasteiger partial charge in [0.1, 0.15) is 0 Å². The summed E-state index contributed by atoms with van der Waals surface area (Å²) in [5.41, 5.74) is 1.11. The average Bonchev–Trinajstić information content (AvgIpc) is 1.86. The second kappa shape index (κ2) is 3.01. The third kappa shape index (κ3) is 1.91. The molecule has 0 saturated heterocycles. The highest BCUT2D eigenvalue weighted by atomic mass is 127. The van der Waals surface area contributed by atoms with E-state index in [2.05, 4.69) is 9.97 Å². The van der Waals surface area contributed by atoms with Gasteiger partial charge in [-0.2, -0.15) is 0 Å². The van der Waals surface area contributed by atoms with Gasteiger partial charge < -0.3 is 4.98 Å². The predicted octanol–water partition coefficient (Wildman–Crippen LogP) is 1.58. The molecule has 7 heavy (non-hydrogen) atoms. The molecule has 0 aromatic carbocycles. The molecule has 42 valence electrons. The maximum Gasteiger partial charge on any atom is 0.0921 e. The standard InChI is InChI=1S/C4H6N2.HI.H2/c1-4-2-5-3-6-4;;/h2-3H,1H3,(H,5,6);2*1H. The van der Waals surface area contributed by atoms with Crippen molar-refractivity contribution in [3.63, 3.8) is 0 Å². The van der Waals surface area contributed by atoms with Crippen LogP contribution in [0.4, 0.5) is 0 Å². The molecule has 0 amide bonds. The molecule has 1 aromatic heterocycles. The number of nitrogens with one attached hydrogen (secondary N) is 1. The molecule has 1 N–H and O–H groups in total. The minimum Gasteiger partial charge on any atom is -0.349 e. The lowest BCUT2D eigenvalue weighted by Crippen LogP contribution is -1.59. The Bertz CT molecular complexity index is 118. The molecule has 2 nitrogen and oxygen atoms in total. The minimum atomic E-state index is 0. The number of H-pyrrole nitrogens is 1. The highest BCUT2D eigenvalue weighted by Gasteiger charge is 1.73. The number of aromatic nitrogens is 2. The second-order valence-electron chi connectivity index (χ2n) is 1.23. The molecule has 0 saturated carbocycles. The van der Waals surface area contributed by atoms with E-state index in [1.807, 2.05) is 6.92 Å². The molecule has 1 aromatic rings. The van der Waals surface area contributed by atoms with Gasteiger partial charge in [-0.15, -0.1) is 24.0 Å². The zero-order chi connectivity index (χ0) is 4.41. The lowest BCUT2D eigenvalue weighted by Gasteiger charge is -1.67. The molecule has 0 fully saturated rings. The molecule has 0 atom stereocenters. The third-order valence-electron chi connectivity index (χ3n) is 0.635. The predicted molar refractivity (Wildman–Crippen MR) is 40.9 cm³/mol. The van der Waals surface area contributed by atoms with Gasteiger partial charge in [-0.1, -0.05) is 0 Å². The van der Waals surface area contributed by atoms with Crippen LogP contribution in [0.1, 0.15) is 7.12 Å². The largest absolute Gasteiger partial charge is 0.349 e. The maximum absolute atomic E-state index is 3.77. The fraction of sp³-hybridized carbons (Fsp3) is 0.250. The van der Waals surface area contributed by atoms with Crippen molar-refractivity contribution in [2.45, 2.75) is 6.92 Å². The first-order valence-corrected chi connectivity index (χ1v) is 1.84. The molecule has 0 aliphatic rings. The third-order valence-corrected chi connectivity index (χ3v) is 0.635. The lowest BCUT2D eigenvalue weighted by atomic mass is 10.6. The van der Waals surface area contributed by atoms with Crippen molar-refractivity contribution in [1.29, 1.82) is 0 Å². The Hall–Kier alpha value is -0.0600. The minimum absolute atomic E-state index is 0. The lowest BCUT2D eigenvalue weighted by molar-refractivity contribution is 1.25. The van der Waals surface area contributed by atoms with Gasteiger partial charge in [0.2, 0.25) is 0 Å². The van der Waals surface area contributed by atoms with Gasteiger partial charge in [0, 0.05) is 13.3 Å². The molecule has 0 bridgehead atoms. The summed E-state index contributed by atoms with van der Waals surface area (Å²) in [7, 11) is 0. The number of hydrogen-bond acceptors (Lipinski definition) is 1. The van der Waals surface area contributed by atoms with Crippen LogP contribution in [0, 0.1) is 6.92 Å².